The maximum atomic E-state index is 8.25. The maximum absolute atomic E-state index is 8.25. The Morgan fingerprint density at radius 1 is 1.25 bits per heavy atom. The average Bonchev–Trinajstić information content (AvgIpc) is 1.00. The van der Waals surface area contributed by atoms with Gasteiger partial charge in [0.1, 0.15) is 0 Å². The molecular formula is CH4IrOPt. The second-order valence-corrected chi connectivity index (χ2v) is 0. The number of rotatable bonds is 0. The van der Waals surface area contributed by atoms with Gasteiger partial charge in [-0.3, -0.25) is 0 Å². The first-order chi connectivity index (χ1) is 1.00. The van der Waals surface area contributed by atoms with Gasteiger partial charge in [-0.05, 0) is 0 Å². The van der Waals surface area contributed by atoms with E-state index >= 15 is 0 Å². The topological polar surface area (TPSA) is 17.1 Å². The second kappa shape index (κ2) is 31.5. The summed E-state index contributed by atoms with van der Waals surface area (Å²) < 4.78 is 8.25. The van der Waals surface area contributed by atoms with Crippen LogP contribution in [0.4, 0.5) is 0 Å². The van der Waals surface area contributed by atoms with Gasteiger partial charge >= 0.3 is 22.4 Å². The summed E-state index contributed by atoms with van der Waals surface area (Å²) >= 11 is 0.750. The van der Waals surface area contributed by atoms with Crippen molar-refractivity contribution in [3.05, 3.63) is 0 Å². The Bertz CT molecular complexity index is 8.00. The predicted octanol–water partition coefficient (Wildman–Crippen LogP) is 0.512. The smallest absolute Gasteiger partial charge is 0 e. The molecule has 0 aliphatic heterocycles. The molecule has 0 unspecified atom stereocenters. The van der Waals surface area contributed by atoms with Crippen LogP contribution in [0.1, 0.15) is 7.43 Å². The summed E-state index contributed by atoms with van der Waals surface area (Å²) in [4.78, 5) is 0. The van der Waals surface area contributed by atoms with Crippen LogP contribution in [0.25, 0.3) is 0 Å². The third-order valence-electron chi connectivity index (χ3n) is 0. The molecule has 0 rings (SSSR count). The van der Waals surface area contributed by atoms with Crippen molar-refractivity contribution in [2.45, 2.75) is 7.43 Å². The first-order valence-electron chi connectivity index (χ1n) is 0.136. The summed E-state index contributed by atoms with van der Waals surface area (Å²) in [7, 11) is 0. The summed E-state index contributed by atoms with van der Waals surface area (Å²) in [5.41, 5.74) is 0. The molecule has 0 spiro atoms. The second-order valence-electron chi connectivity index (χ2n) is 0. The van der Waals surface area contributed by atoms with Crippen LogP contribution in [0.5, 0.6) is 0 Å². The fraction of sp³-hybridized carbons (Fsp3) is 1.00. The van der Waals surface area contributed by atoms with Crippen molar-refractivity contribution in [1.29, 1.82) is 0 Å². The molecule has 0 aromatic carbocycles. The average molecular weight is 419 g/mol. The maximum Gasteiger partial charge on any atom is 0 e. The number of hydrogen-bond acceptors (Lipinski definition) is 1. The fourth-order valence-corrected chi connectivity index (χ4v) is 0. The molecule has 3 heteroatoms. The van der Waals surface area contributed by atoms with Crippen molar-refractivity contribution < 1.29 is 43.4 Å². The van der Waals surface area contributed by atoms with Gasteiger partial charge in [0.05, 0.1) is 0 Å². The van der Waals surface area contributed by atoms with Crippen molar-refractivity contribution in [2.75, 3.05) is 0 Å². The molecule has 0 fully saturated rings. The minimum absolute atomic E-state index is 0. The summed E-state index contributed by atoms with van der Waals surface area (Å²) in [6.45, 7) is 0. The summed E-state index contributed by atoms with van der Waals surface area (Å²) in [6, 6.07) is 0. The Balaban J connectivity index is -0.00000000500. The molecule has 0 atom stereocenters. The molecule has 1 nitrogen and oxygen atoms in total. The zero-order valence-corrected chi connectivity index (χ0v) is 5.73. The Kier molecular flexibility index (Phi) is 151. The Morgan fingerprint density at radius 3 is 1.25 bits per heavy atom. The van der Waals surface area contributed by atoms with Gasteiger partial charge in [0.25, 0.3) is 0 Å². The van der Waals surface area contributed by atoms with Crippen molar-refractivity contribution in [2.24, 2.45) is 0 Å². The predicted molar refractivity (Wildman–Crippen MR) is 7.42 cm³/mol. The normalized spacial score (nSPS) is 1.25. The van der Waals surface area contributed by atoms with E-state index in [4.69, 9.17) is 3.50 Å². The van der Waals surface area contributed by atoms with Crippen molar-refractivity contribution >= 4 is 0 Å². The van der Waals surface area contributed by atoms with E-state index in [9.17, 15) is 0 Å². The van der Waals surface area contributed by atoms with E-state index in [-0.39, 0.29) is 28.5 Å². The molecule has 0 saturated carbocycles. The summed E-state index contributed by atoms with van der Waals surface area (Å²) in [5.74, 6) is 0. The quantitative estimate of drug-likeness (QED) is 0.560. The molecule has 0 aromatic heterocycles. The Labute approximate surface area is 50.9 Å². The van der Waals surface area contributed by atoms with E-state index < -0.39 is 0 Å². The molecular weight excluding hydrogens is 415 g/mol. The van der Waals surface area contributed by atoms with Crippen molar-refractivity contribution in [3.63, 3.8) is 0 Å². The summed E-state index contributed by atoms with van der Waals surface area (Å²) in [5, 5.41) is 0. The molecule has 0 aromatic rings. The third-order valence-corrected chi connectivity index (χ3v) is 0. The fourth-order valence-electron chi connectivity index (χ4n) is 0. The van der Waals surface area contributed by atoms with Crippen LogP contribution >= 0.6 is 0 Å². The van der Waals surface area contributed by atoms with Crippen molar-refractivity contribution in [3.8, 4) is 0 Å². The van der Waals surface area contributed by atoms with Crippen LogP contribution in [0.15, 0.2) is 0 Å². The Morgan fingerprint density at radius 2 is 1.25 bits per heavy atom. The molecule has 0 saturated heterocycles. The molecule has 0 aliphatic rings. The van der Waals surface area contributed by atoms with Crippen LogP contribution in [-0.4, -0.2) is 0 Å². The van der Waals surface area contributed by atoms with Gasteiger partial charge in [-0.25, -0.2) is 0 Å². The van der Waals surface area contributed by atoms with Crippen molar-refractivity contribution in [1.82, 2.24) is 0 Å². The Hall–Kier alpha value is 1.14. The van der Waals surface area contributed by atoms with Gasteiger partial charge in [-0.2, -0.15) is 0 Å². The standard InChI is InChI=1S/CH4.Ir.O.Pt/h1H4;;;. The zero-order valence-electron chi connectivity index (χ0n) is 1.06. The molecule has 33 valence electrons. The monoisotopic (exact) mass is 420 g/mol. The van der Waals surface area contributed by atoms with Gasteiger partial charge in [0, 0.05) is 21.1 Å². The molecule has 0 bridgehead atoms. The first-order valence-corrected chi connectivity index (χ1v) is 1.11. The van der Waals surface area contributed by atoms with E-state index in [0.29, 0.717) is 0 Å². The minimum atomic E-state index is 0. The molecule has 0 radical (unpaired) electrons. The van der Waals surface area contributed by atoms with Gasteiger partial charge in [0.2, 0.25) is 0 Å². The molecule has 0 heterocycles. The number of hydrogen-bond donors (Lipinski definition) is 0. The largest absolute Gasteiger partial charge is 0 e. The van der Waals surface area contributed by atoms with Gasteiger partial charge in [-0.1, -0.05) is 7.43 Å². The van der Waals surface area contributed by atoms with Crippen LogP contribution in [0.2, 0.25) is 0 Å². The van der Waals surface area contributed by atoms with E-state index in [1.165, 1.54) is 0 Å². The zero-order chi connectivity index (χ0) is 2.00. The van der Waals surface area contributed by atoms with Gasteiger partial charge in [0.15, 0.2) is 0 Å². The van der Waals surface area contributed by atoms with Crippen LogP contribution in [-0.2, 0) is 43.4 Å². The van der Waals surface area contributed by atoms with E-state index in [1.54, 1.807) is 0 Å². The third kappa shape index (κ3) is 11.1. The van der Waals surface area contributed by atoms with Crippen LogP contribution in [0, 0.1) is 0 Å². The summed E-state index contributed by atoms with van der Waals surface area (Å²) in [6.07, 6.45) is 0. The van der Waals surface area contributed by atoms with E-state index in [0.717, 1.165) is 18.9 Å². The molecule has 4 heavy (non-hydrogen) atoms. The van der Waals surface area contributed by atoms with Crippen LogP contribution in [0.3, 0.4) is 0 Å². The SMILES string of the molecule is C.[O]=[Ir].[Pt]. The van der Waals surface area contributed by atoms with Crippen LogP contribution < -0.4 is 0 Å². The molecule has 0 amide bonds. The molecule has 0 aliphatic carbocycles. The van der Waals surface area contributed by atoms with E-state index in [1.807, 2.05) is 0 Å². The van der Waals surface area contributed by atoms with Gasteiger partial charge < -0.3 is 0 Å². The first kappa shape index (κ1) is 19.2. The van der Waals surface area contributed by atoms with E-state index in [2.05, 4.69) is 0 Å². The molecule has 0 N–H and O–H groups in total. The minimum Gasteiger partial charge on any atom is 0 e. The van der Waals surface area contributed by atoms with Gasteiger partial charge in [-0.15, -0.1) is 0 Å².